The number of thiophene rings is 1. The van der Waals surface area contributed by atoms with E-state index in [9.17, 15) is 9.59 Å². The number of amides is 2. The third-order valence-electron chi connectivity index (χ3n) is 5.22. The van der Waals surface area contributed by atoms with Gasteiger partial charge in [0, 0.05) is 18.2 Å². The Labute approximate surface area is 157 Å². The van der Waals surface area contributed by atoms with Gasteiger partial charge in [-0.25, -0.2) is 0 Å². The van der Waals surface area contributed by atoms with Crippen LogP contribution in [-0.4, -0.2) is 41.9 Å². The highest BCUT2D eigenvalue weighted by Gasteiger charge is 2.47. The fourth-order valence-corrected chi connectivity index (χ4v) is 4.71. The molecule has 1 aromatic heterocycles. The zero-order chi connectivity index (χ0) is 18.1. The summed E-state index contributed by atoms with van der Waals surface area (Å²) in [6.07, 6.45) is 1.92. The quantitative estimate of drug-likeness (QED) is 0.879. The summed E-state index contributed by atoms with van der Waals surface area (Å²) in [5, 5.41) is 5.03. The van der Waals surface area contributed by atoms with Crippen LogP contribution in [0.15, 0.2) is 41.8 Å². The van der Waals surface area contributed by atoms with Crippen molar-refractivity contribution in [2.75, 3.05) is 13.2 Å². The summed E-state index contributed by atoms with van der Waals surface area (Å²) in [6, 6.07) is 11.1. The smallest absolute Gasteiger partial charge is 0.261 e. The Hall–Kier alpha value is -2.34. The molecule has 6 heteroatoms. The number of hydrogen-bond acceptors (Lipinski definition) is 4. The van der Waals surface area contributed by atoms with E-state index in [1.165, 1.54) is 11.3 Å². The molecule has 2 fully saturated rings. The Kier molecular flexibility index (Phi) is 4.68. The molecule has 1 N–H and O–H groups in total. The Balaban J connectivity index is 1.44. The van der Waals surface area contributed by atoms with Crippen LogP contribution >= 0.6 is 11.3 Å². The lowest BCUT2D eigenvalue weighted by Crippen LogP contribution is -2.51. The lowest BCUT2D eigenvalue weighted by Gasteiger charge is -2.33. The van der Waals surface area contributed by atoms with Gasteiger partial charge in [-0.3, -0.25) is 9.59 Å². The monoisotopic (exact) mass is 370 g/mol. The average Bonchev–Trinajstić information content (AvgIpc) is 3.39. The summed E-state index contributed by atoms with van der Waals surface area (Å²) in [5.41, 5.74) is 0.671. The van der Waals surface area contributed by atoms with Crippen LogP contribution in [0.2, 0.25) is 0 Å². The molecule has 26 heavy (non-hydrogen) atoms. The van der Waals surface area contributed by atoms with E-state index in [0.29, 0.717) is 18.1 Å². The van der Waals surface area contributed by atoms with Crippen molar-refractivity contribution in [1.29, 1.82) is 0 Å². The van der Waals surface area contributed by atoms with Gasteiger partial charge in [-0.05, 0) is 61.4 Å². The van der Waals surface area contributed by atoms with E-state index in [-0.39, 0.29) is 23.9 Å². The first-order valence-corrected chi connectivity index (χ1v) is 9.92. The van der Waals surface area contributed by atoms with Crippen LogP contribution in [0.25, 0.3) is 0 Å². The Bertz CT molecular complexity index is 788. The van der Waals surface area contributed by atoms with E-state index in [0.717, 1.165) is 30.0 Å². The number of carbonyl (C=O) groups excluding carboxylic acids is 2. The molecule has 2 heterocycles. The van der Waals surface area contributed by atoms with E-state index < -0.39 is 0 Å². The number of benzene rings is 1. The van der Waals surface area contributed by atoms with E-state index in [2.05, 4.69) is 5.32 Å². The van der Waals surface area contributed by atoms with E-state index in [4.69, 9.17) is 4.74 Å². The molecule has 1 aromatic carbocycles. The van der Waals surface area contributed by atoms with Crippen LogP contribution in [0.4, 0.5) is 0 Å². The first-order chi connectivity index (χ1) is 12.7. The molecule has 3 unspecified atom stereocenters. The van der Waals surface area contributed by atoms with Crippen molar-refractivity contribution in [3.05, 3.63) is 52.2 Å². The third kappa shape index (κ3) is 3.21. The summed E-state index contributed by atoms with van der Waals surface area (Å²) in [4.78, 5) is 28.0. The van der Waals surface area contributed by atoms with E-state index in [1.807, 2.05) is 53.6 Å². The molecule has 1 saturated heterocycles. The zero-order valence-electron chi connectivity index (χ0n) is 14.7. The maximum absolute atomic E-state index is 12.9. The molecule has 136 valence electrons. The summed E-state index contributed by atoms with van der Waals surface area (Å²) in [6.45, 7) is 3.32. The van der Waals surface area contributed by atoms with Gasteiger partial charge in [0.1, 0.15) is 5.75 Å². The van der Waals surface area contributed by atoms with Gasteiger partial charge in [0.05, 0.1) is 17.5 Å². The molecule has 1 aliphatic carbocycles. The van der Waals surface area contributed by atoms with Crippen LogP contribution < -0.4 is 10.1 Å². The second-order valence-electron chi connectivity index (χ2n) is 6.88. The number of nitrogens with one attached hydrogen (secondary N) is 1. The van der Waals surface area contributed by atoms with Crippen LogP contribution in [0.3, 0.4) is 0 Å². The largest absolute Gasteiger partial charge is 0.494 e. The normalized spacial score (nSPS) is 23.9. The van der Waals surface area contributed by atoms with Gasteiger partial charge in [-0.2, -0.15) is 0 Å². The van der Waals surface area contributed by atoms with Crippen LogP contribution in [0.5, 0.6) is 5.75 Å². The standard InChI is InChI=1S/C20H22N2O3S/c1-2-25-15-7-5-14(6-8-15)20(24)22-12-13-10-16(17(22)11-13)21-19(23)18-4-3-9-26-18/h3-9,13,16-17H,2,10-12H2,1H3,(H,21,23). The Morgan fingerprint density at radius 3 is 2.69 bits per heavy atom. The number of ether oxygens (including phenoxy) is 1. The number of piperidine rings is 1. The summed E-state index contributed by atoms with van der Waals surface area (Å²) in [5.74, 6) is 1.25. The molecule has 2 aliphatic rings. The molecule has 5 nitrogen and oxygen atoms in total. The number of fused-ring (bicyclic) bond motifs is 2. The number of likely N-dealkylation sites (tertiary alicyclic amines) is 1. The SMILES string of the molecule is CCOc1ccc(C(=O)N2CC3CC(NC(=O)c4cccs4)C2C3)cc1. The van der Waals surface area contributed by atoms with Gasteiger partial charge in [-0.15, -0.1) is 11.3 Å². The topological polar surface area (TPSA) is 58.6 Å². The molecular weight excluding hydrogens is 348 g/mol. The fourth-order valence-electron chi connectivity index (χ4n) is 4.09. The first kappa shape index (κ1) is 17.1. The molecule has 0 spiro atoms. The lowest BCUT2D eigenvalue weighted by atomic mass is 10.0. The molecule has 2 amide bonds. The summed E-state index contributed by atoms with van der Waals surface area (Å²) < 4.78 is 5.44. The maximum atomic E-state index is 12.9. The minimum Gasteiger partial charge on any atom is -0.494 e. The van der Waals surface area contributed by atoms with Gasteiger partial charge < -0.3 is 15.0 Å². The van der Waals surface area contributed by atoms with Crippen molar-refractivity contribution >= 4 is 23.2 Å². The maximum Gasteiger partial charge on any atom is 0.261 e. The van der Waals surface area contributed by atoms with Crippen molar-refractivity contribution < 1.29 is 14.3 Å². The molecule has 2 aromatic rings. The Morgan fingerprint density at radius 1 is 1.23 bits per heavy atom. The van der Waals surface area contributed by atoms with Gasteiger partial charge >= 0.3 is 0 Å². The van der Waals surface area contributed by atoms with Crippen LogP contribution in [0, 0.1) is 5.92 Å². The lowest BCUT2D eigenvalue weighted by molar-refractivity contribution is 0.0649. The third-order valence-corrected chi connectivity index (χ3v) is 6.09. The number of carbonyl (C=O) groups is 2. The highest BCUT2D eigenvalue weighted by molar-refractivity contribution is 7.12. The van der Waals surface area contributed by atoms with Gasteiger partial charge in [0.15, 0.2) is 0 Å². The predicted molar refractivity (Wildman–Crippen MR) is 101 cm³/mol. The second kappa shape index (κ2) is 7.11. The predicted octanol–water partition coefficient (Wildman–Crippen LogP) is 3.18. The van der Waals surface area contributed by atoms with E-state index >= 15 is 0 Å². The average molecular weight is 370 g/mol. The molecular formula is C20H22N2O3S. The van der Waals surface area contributed by atoms with Crippen molar-refractivity contribution in [3.63, 3.8) is 0 Å². The molecule has 3 atom stereocenters. The number of rotatable bonds is 5. The summed E-state index contributed by atoms with van der Waals surface area (Å²) >= 11 is 1.44. The minimum atomic E-state index is -0.0361. The van der Waals surface area contributed by atoms with E-state index in [1.54, 1.807) is 0 Å². The van der Waals surface area contributed by atoms with Gasteiger partial charge in [-0.1, -0.05) is 6.07 Å². The highest BCUT2D eigenvalue weighted by Crippen LogP contribution is 2.38. The fraction of sp³-hybridized carbons (Fsp3) is 0.400. The van der Waals surface area contributed by atoms with Crippen molar-refractivity contribution in [3.8, 4) is 5.75 Å². The van der Waals surface area contributed by atoms with Crippen LogP contribution in [-0.2, 0) is 0 Å². The Morgan fingerprint density at radius 2 is 2.04 bits per heavy atom. The van der Waals surface area contributed by atoms with Crippen LogP contribution in [0.1, 0.15) is 39.8 Å². The molecule has 4 rings (SSSR count). The van der Waals surface area contributed by atoms with Gasteiger partial charge in [0.25, 0.3) is 11.8 Å². The molecule has 1 saturated carbocycles. The summed E-state index contributed by atoms with van der Waals surface area (Å²) in [7, 11) is 0. The molecule has 2 bridgehead atoms. The van der Waals surface area contributed by atoms with Crippen molar-refractivity contribution in [1.82, 2.24) is 10.2 Å². The highest BCUT2D eigenvalue weighted by atomic mass is 32.1. The number of hydrogen-bond donors (Lipinski definition) is 1. The second-order valence-corrected chi connectivity index (χ2v) is 7.82. The van der Waals surface area contributed by atoms with Crippen molar-refractivity contribution in [2.45, 2.75) is 31.8 Å². The first-order valence-electron chi connectivity index (χ1n) is 9.04. The number of nitrogens with zero attached hydrogens (tertiary/aromatic N) is 1. The van der Waals surface area contributed by atoms with Crippen molar-refractivity contribution in [2.24, 2.45) is 5.92 Å². The molecule has 0 radical (unpaired) electrons. The van der Waals surface area contributed by atoms with Gasteiger partial charge in [0.2, 0.25) is 0 Å². The zero-order valence-corrected chi connectivity index (χ0v) is 15.5. The minimum absolute atomic E-state index is 0.0361. The molecule has 1 aliphatic heterocycles.